The Morgan fingerprint density at radius 1 is 1.12 bits per heavy atom. The standard InChI is InChI=1S/C19H23N3O3/c1-24-16-5-6-17(18(12-16)25-2)19(23)22-10-8-21(9-11-22)14-15-4-3-7-20-13-15/h3-7,12-13H,8-11,14H2,1-2H3. The van der Waals surface area contributed by atoms with Crippen LogP contribution in [0, 0.1) is 0 Å². The van der Waals surface area contributed by atoms with Crippen molar-refractivity contribution >= 4 is 5.91 Å². The van der Waals surface area contributed by atoms with Gasteiger partial charge in [-0.25, -0.2) is 0 Å². The van der Waals surface area contributed by atoms with Crippen molar-refractivity contribution in [2.24, 2.45) is 0 Å². The molecule has 1 amide bonds. The predicted molar refractivity (Wildman–Crippen MR) is 95.0 cm³/mol. The van der Waals surface area contributed by atoms with Gasteiger partial charge in [0.2, 0.25) is 0 Å². The molecule has 1 aliphatic rings. The minimum atomic E-state index is 0.000492. The maximum atomic E-state index is 12.8. The van der Waals surface area contributed by atoms with Crippen molar-refractivity contribution < 1.29 is 14.3 Å². The summed E-state index contributed by atoms with van der Waals surface area (Å²) in [5, 5.41) is 0. The van der Waals surface area contributed by atoms with Crippen molar-refractivity contribution in [3.8, 4) is 11.5 Å². The van der Waals surface area contributed by atoms with Gasteiger partial charge in [-0.15, -0.1) is 0 Å². The highest BCUT2D eigenvalue weighted by atomic mass is 16.5. The summed E-state index contributed by atoms with van der Waals surface area (Å²) in [6.45, 7) is 3.96. The Labute approximate surface area is 148 Å². The quantitative estimate of drug-likeness (QED) is 0.833. The molecule has 25 heavy (non-hydrogen) atoms. The van der Waals surface area contributed by atoms with Gasteiger partial charge in [0, 0.05) is 51.2 Å². The molecule has 1 saturated heterocycles. The highest BCUT2D eigenvalue weighted by molar-refractivity contribution is 5.97. The van der Waals surface area contributed by atoms with Gasteiger partial charge in [0.1, 0.15) is 11.5 Å². The van der Waals surface area contributed by atoms with Gasteiger partial charge in [0.25, 0.3) is 5.91 Å². The van der Waals surface area contributed by atoms with E-state index in [2.05, 4.69) is 16.0 Å². The molecule has 1 fully saturated rings. The van der Waals surface area contributed by atoms with Crippen molar-refractivity contribution in [2.45, 2.75) is 6.54 Å². The van der Waals surface area contributed by atoms with E-state index < -0.39 is 0 Å². The first-order valence-electron chi connectivity index (χ1n) is 8.34. The lowest BCUT2D eigenvalue weighted by Gasteiger charge is -2.35. The summed E-state index contributed by atoms with van der Waals surface area (Å²) in [7, 11) is 3.16. The molecular weight excluding hydrogens is 318 g/mol. The number of piperazine rings is 1. The highest BCUT2D eigenvalue weighted by Crippen LogP contribution is 2.26. The van der Waals surface area contributed by atoms with E-state index in [1.807, 2.05) is 17.2 Å². The highest BCUT2D eigenvalue weighted by Gasteiger charge is 2.24. The number of aromatic nitrogens is 1. The Balaban J connectivity index is 1.62. The zero-order valence-corrected chi connectivity index (χ0v) is 14.6. The van der Waals surface area contributed by atoms with E-state index in [4.69, 9.17) is 9.47 Å². The molecule has 6 nitrogen and oxygen atoms in total. The summed E-state index contributed by atoms with van der Waals surface area (Å²) >= 11 is 0. The Morgan fingerprint density at radius 3 is 2.56 bits per heavy atom. The Kier molecular flexibility index (Phi) is 5.50. The van der Waals surface area contributed by atoms with Crippen LogP contribution in [0.15, 0.2) is 42.7 Å². The number of benzene rings is 1. The maximum Gasteiger partial charge on any atom is 0.257 e. The van der Waals surface area contributed by atoms with E-state index in [9.17, 15) is 4.79 Å². The predicted octanol–water partition coefficient (Wildman–Crippen LogP) is 2.06. The number of carbonyl (C=O) groups excluding carboxylic acids is 1. The molecular formula is C19H23N3O3. The smallest absolute Gasteiger partial charge is 0.257 e. The molecule has 0 atom stereocenters. The van der Waals surface area contributed by atoms with Crippen LogP contribution in [-0.4, -0.2) is 61.1 Å². The van der Waals surface area contributed by atoms with Gasteiger partial charge in [-0.1, -0.05) is 6.07 Å². The van der Waals surface area contributed by atoms with Gasteiger partial charge < -0.3 is 14.4 Å². The van der Waals surface area contributed by atoms with Crippen molar-refractivity contribution in [3.05, 3.63) is 53.9 Å². The molecule has 2 heterocycles. The summed E-state index contributed by atoms with van der Waals surface area (Å²) in [5.74, 6) is 1.22. The topological polar surface area (TPSA) is 54.9 Å². The molecule has 0 saturated carbocycles. The summed E-state index contributed by atoms with van der Waals surface area (Å²) < 4.78 is 10.5. The second-order valence-corrected chi connectivity index (χ2v) is 6.00. The second-order valence-electron chi connectivity index (χ2n) is 6.00. The van der Waals surface area contributed by atoms with Crippen LogP contribution in [-0.2, 0) is 6.54 Å². The fourth-order valence-corrected chi connectivity index (χ4v) is 3.00. The van der Waals surface area contributed by atoms with Crippen LogP contribution in [0.1, 0.15) is 15.9 Å². The van der Waals surface area contributed by atoms with E-state index in [0.29, 0.717) is 30.2 Å². The minimum Gasteiger partial charge on any atom is -0.497 e. The molecule has 6 heteroatoms. The number of rotatable bonds is 5. The van der Waals surface area contributed by atoms with Crippen LogP contribution >= 0.6 is 0 Å². The number of carbonyl (C=O) groups is 1. The van der Waals surface area contributed by atoms with E-state index in [1.54, 1.807) is 38.6 Å². The normalized spacial score (nSPS) is 15.0. The summed E-state index contributed by atoms with van der Waals surface area (Å²) in [6, 6.07) is 9.32. The lowest BCUT2D eigenvalue weighted by molar-refractivity contribution is 0.0625. The summed E-state index contributed by atoms with van der Waals surface area (Å²) in [5.41, 5.74) is 1.77. The van der Waals surface area contributed by atoms with Gasteiger partial charge in [-0.05, 0) is 23.8 Å². The lowest BCUT2D eigenvalue weighted by Crippen LogP contribution is -2.48. The number of ether oxygens (including phenoxy) is 2. The van der Waals surface area contributed by atoms with Crippen LogP contribution in [0.5, 0.6) is 11.5 Å². The molecule has 132 valence electrons. The van der Waals surface area contributed by atoms with Crippen molar-refractivity contribution in [2.75, 3.05) is 40.4 Å². The van der Waals surface area contributed by atoms with Crippen LogP contribution in [0.3, 0.4) is 0 Å². The van der Waals surface area contributed by atoms with Crippen LogP contribution < -0.4 is 9.47 Å². The van der Waals surface area contributed by atoms with E-state index in [1.165, 1.54) is 5.56 Å². The number of hydrogen-bond donors (Lipinski definition) is 0. The van der Waals surface area contributed by atoms with Gasteiger partial charge in [-0.3, -0.25) is 14.7 Å². The molecule has 0 aliphatic carbocycles. The number of pyridine rings is 1. The van der Waals surface area contributed by atoms with Crippen LogP contribution in [0.2, 0.25) is 0 Å². The van der Waals surface area contributed by atoms with Crippen molar-refractivity contribution in [1.29, 1.82) is 0 Å². The minimum absolute atomic E-state index is 0.000492. The second kappa shape index (κ2) is 7.98. The molecule has 2 aromatic rings. The zero-order chi connectivity index (χ0) is 17.6. The zero-order valence-electron chi connectivity index (χ0n) is 14.6. The lowest BCUT2D eigenvalue weighted by atomic mass is 10.1. The number of nitrogens with zero attached hydrogens (tertiary/aromatic N) is 3. The Hall–Kier alpha value is -2.60. The summed E-state index contributed by atoms with van der Waals surface area (Å²) in [6.07, 6.45) is 3.67. The van der Waals surface area contributed by atoms with E-state index in [0.717, 1.165) is 19.6 Å². The average Bonchev–Trinajstić information content (AvgIpc) is 2.68. The fourth-order valence-electron chi connectivity index (χ4n) is 3.00. The third-order valence-corrected chi connectivity index (χ3v) is 4.43. The fraction of sp³-hybridized carbons (Fsp3) is 0.368. The Bertz CT molecular complexity index is 713. The van der Waals surface area contributed by atoms with Crippen molar-refractivity contribution in [3.63, 3.8) is 0 Å². The molecule has 1 aliphatic heterocycles. The third-order valence-electron chi connectivity index (χ3n) is 4.43. The molecule has 0 spiro atoms. The van der Waals surface area contributed by atoms with Gasteiger partial charge >= 0.3 is 0 Å². The van der Waals surface area contributed by atoms with E-state index in [-0.39, 0.29) is 5.91 Å². The molecule has 0 N–H and O–H groups in total. The van der Waals surface area contributed by atoms with E-state index >= 15 is 0 Å². The number of amides is 1. The number of hydrogen-bond acceptors (Lipinski definition) is 5. The largest absolute Gasteiger partial charge is 0.497 e. The molecule has 0 radical (unpaired) electrons. The summed E-state index contributed by atoms with van der Waals surface area (Å²) in [4.78, 5) is 21.2. The molecule has 3 rings (SSSR count). The Morgan fingerprint density at radius 2 is 1.92 bits per heavy atom. The third kappa shape index (κ3) is 4.09. The van der Waals surface area contributed by atoms with Crippen LogP contribution in [0.4, 0.5) is 0 Å². The first-order valence-corrected chi connectivity index (χ1v) is 8.34. The maximum absolute atomic E-state index is 12.8. The van der Waals surface area contributed by atoms with Crippen LogP contribution in [0.25, 0.3) is 0 Å². The monoisotopic (exact) mass is 341 g/mol. The molecule has 1 aromatic heterocycles. The molecule has 0 unspecified atom stereocenters. The van der Waals surface area contributed by atoms with Gasteiger partial charge in [0.15, 0.2) is 0 Å². The molecule has 0 bridgehead atoms. The van der Waals surface area contributed by atoms with Gasteiger partial charge in [-0.2, -0.15) is 0 Å². The van der Waals surface area contributed by atoms with Crippen molar-refractivity contribution in [1.82, 2.24) is 14.8 Å². The SMILES string of the molecule is COc1ccc(C(=O)N2CCN(Cc3cccnc3)CC2)c(OC)c1. The first kappa shape index (κ1) is 17.2. The first-order chi connectivity index (χ1) is 12.2. The van der Waals surface area contributed by atoms with Gasteiger partial charge in [0.05, 0.1) is 19.8 Å². The average molecular weight is 341 g/mol. The number of methoxy groups -OCH3 is 2. The molecule has 1 aromatic carbocycles.